The summed E-state index contributed by atoms with van der Waals surface area (Å²) in [5, 5.41) is 0.228. The van der Waals surface area contributed by atoms with Crippen LogP contribution in [0.25, 0.3) is 0 Å². The maximum absolute atomic E-state index is 11.4. The van der Waals surface area contributed by atoms with E-state index >= 15 is 0 Å². The number of ether oxygens (including phenoxy) is 2. The summed E-state index contributed by atoms with van der Waals surface area (Å²) in [6.07, 6.45) is 0.647. The van der Waals surface area contributed by atoms with E-state index in [9.17, 15) is 13.2 Å². The summed E-state index contributed by atoms with van der Waals surface area (Å²) in [7, 11) is -1.60. The molecular formula is C12H13ClO5S. The van der Waals surface area contributed by atoms with Crippen LogP contribution in [0.4, 0.5) is 0 Å². The third-order valence-electron chi connectivity index (χ3n) is 2.86. The van der Waals surface area contributed by atoms with Crippen molar-refractivity contribution in [3.63, 3.8) is 0 Å². The Morgan fingerprint density at radius 3 is 2.68 bits per heavy atom. The van der Waals surface area contributed by atoms with Crippen LogP contribution in [-0.4, -0.2) is 39.4 Å². The fourth-order valence-electron chi connectivity index (χ4n) is 1.94. The second-order valence-corrected chi connectivity index (χ2v) is 6.93. The van der Waals surface area contributed by atoms with Gasteiger partial charge in [-0.3, -0.25) is 4.79 Å². The van der Waals surface area contributed by atoms with E-state index in [1.807, 2.05) is 0 Å². The zero-order valence-corrected chi connectivity index (χ0v) is 11.8. The molecule has 1 aliphatic heterocycles. The molecule has 0 bridgehead atoms. The smallest absolute Gasteiger partial charge is 0.180 e. The van der Waals surface area contributed by atoms with Crippen LogP contribution in [0.15, 0.2) is 12.1 Å². The lowest BCUT2D eigenvalue weighted by molar-refractivity contribution is 0.112. The first-order chi connectivity index (χ1) is 8.95. The first-order valence-corrected chi connectivity index (χ1v) is 7.85. The Morgan fingerprint density at radius 2 is 2.16 bits per heavy atom. The summed E-state index contributed by atoms with van der Waals surface area (Å²) >= 11 is 6.03. The quantitative estimate of drug-likeness (QED) is 0.792. The number of hydrogen-bond acceptors (Lipinski definition) is 5. The first kappa shape index (κ1) is 14.1. The van der Waals surface area contributed by atoms with Gasteiger partial charge in [0.1, 0.15) is 12.4 Å². The number of hydrogen-bond donors (Lipinski definition) is 0. The zero-order chi connectivity index (χ0) is 14.0. The van der Waals surface area contributed by atoms with Gasteiger partial charge in [0.2, 0.25) is 0 Å². The second-order valence-electron chi connectivity index (χ2n) is 4.29. The molecule has 1 saturated heterocycles. The molecule has 1 aromatic carbocycles. The topological polar surface area (TPSA) is 69.7 Å². The molecule has 0 spiro atoms. The van der Waals surface area contributed by atoms with Crippen LogP contribution in [-0.2, 0) is 9.84 Å². The molecule has 1 atom stereocenters. The van der Waals surface area contributed by atoms with Gasteiger partial charge in [-0.05, 0) is 18.6 Å². The van der Waals surface area contributed by atoms with Gasteiger partial charge in [0, 0.05) is 5.56 Å². The Labute approximate surface area is 116 Å². The fraction of sp³-hybridized carbons (Fsp3) is 0.417. The standard InChI is InChI=1S/C12H13ClO5S/c1-17-11-5-8(6-14)4-10(13)12(11)18-9-2-3-19(15,16)7-9/h4-6,9H,2-3,7H2,1H3. The van der Waals surface area contributed by atoms with Gasteiger partial charge in [0.05, 0.1) is 23.6 Å². The van der Waals surface area contributed by atoms with Crippen LogP contribution in [0.1, 0.15) is 16.8 Å². The van der Waals surface area contributed by atoms with Crippen LogP contribution in [0.2, 0.25) is 5.02 Å². The minimum atomic E-state index is -3.03. The summed E-state index contributed by atoms with van der Waals surface area (Å²) in [4.78, 5) is 10.7. The number of carbonyl (C=O) groups excluding carboxylic acids is 1. The monoisotopic (exact) mass is 304 g/mol. The van der Waals surface area contributed by atoms with Crippen molar-refractivity contribution in [1.82, 2.24) is 0 Å². The summed E-state index contributed by atoms with van der Waals surface area (Å²) in [5.41, 5.74) is 0.369. The summed E-state index contributed by atoms with van der Waals surface area (Å²) in [5.74, 6) is 0.683. The molecule has 2 rings (SSSR count). The van der Waals surface area contributed by atoms with Gasteiger partial charge in [-0.2, -0.15) is 0 Å². The predicted molar refractivity (Wildman–Crippen MR) is 71.1 cm³/mol. The number of halogens is 1. The number of methoxy groups -OCH3 is 1. The number of benzene rings is 1. The molecule has 1 unspecified atom stereocenters. The molecule has 0 saturated carbocycles. The second kappa shape index (κ2) is 5.38. The summed E-state index contributed by atoms with van der Waals surface area (Å²) in [6.45, 7) is 0. The average molecular weight is 305 g/mol. The van der Waals surface area contributed by atoms with E-state index in [-0.39, 0.29) is 22.3 Å². The zero-order valence-electron chi connectivity index (χ0n) is 10.3. The molecule has 1 aliphatic rings. The molecule has 0 N–H and O–H groups in total. The van der Waals surface area contributed by atoms with Crippen molar-refractivity contribution in [3.8, 4) is 11.5 Å². The predicted octanol–water partition coefficient (Wildman–Crippen LogP) is 1.73. The van der Waals surface area contributed by atoms with Crippen molar-refractivity contribution in [2.24, 2.45) is 0 Å². The molecule has 0 aliphatic carbocycles. The third-order valence-corrected chi connectivity index (χ3v) is 4.88. The Kier molecular flexibility index (Phi) is 4.01. The molecular weight excluding hydrogens is 292 g/mol. The van der Waals surface area contributed by atoms with E-state index in [4.69, 9.17) is 21.1 Å². The summed E-state index contributed by atoms with van der Waals surface area (Å²) < 4.78 is 33.5. The Balaban J connectivity index is 2.27. The summed E-state index contributed by atoms with van der Waals surface area (Å²) in [6, 6.07) is 2.95. The molecule has 19 heavy (non-hydrogen) atoms. The van der Waals surface area contributed by atoms with E-state index in [1.165, 1.54) is 19.2 Å². The highest BCUT2D eigenvalue weighted by Crippen LogP contribution is 2.37. The Morgan fingerprint density at radius 1 is 1.42 bits per heavy atom. The number of sulfone groups is 1. The normalized spacial score (nSPS) is 21.1. The van der Waals surface area contributed by atoms with Gasteiger partial charge < -0.3 is 9.47 Å². The van der Waals surface area contributed by atoms with Crippen molar-refractivity contribution in [1.29, 1.82) is 0 Å². The number of aldehydes is 1. The third kappa shape index (κ3) is 3.19. The van der Waals surface area contributed by atoms with Crippen LogP contribution in [0.3, 0.4) is 0 Å². The van der Waals surface area contributed by atoms with Crippen molar-refractivity contribution < 1.29 is 22.7 Å². The molecule has 0 amide bonds. The van der Waals surface area contributed by atoms with E-state index in [2.05, 4.69) is 0 Å². The largest absolute Gasteiger partial charge is 0.493 e. The molecule has 1 fully saturated rings. The van der Waals surface area contributed by atoms with Gasteiger partial charge in [0.25, 0.3) is 0 Å². The van der Waals surface area contributed by atoms with E-state index in [0.717, 1.165) is 0 Å². The van der Waals surface area contributed by atoms with E-state index in [1.54, 1.807) is 0 Å². The lowest BCUT2D eigenvalue weighted by Gasteiger charge is -2.16. The maximum atomic E-state index is 11.4. The molecule has 1 heterocycles. The number of rotatable bonds is 4. The molecule has 5 nitrogen and oxygen atoms in total. The van der Waals surface area contributed by atoms with Crippen molar-refractivity contribution in [2.45, 2.75) is 12.5 Å². The molecule has 0 radical (unpaired) electrons. The van der Waals surface area contributed by atoms with Crippen molar-refractivity contribution >= 4 is 27.7 Å². The molecule has 7 heteroatoms. The van der Waals surface area contributed by atoms with E-state index in [0.29, 0.717) is 24.0 Å². The van der Waals surface area contributed by atoms with Crippen LogP contribution >= 0.6 is 11.6 Å². The minimum absolute atomic E-state index is 0.0259. The minimum Gasteiger partial charge on any atom is -0.493 e. The van der Waals surface area contributed by atoms with Gasteiger partial charge in [-0.1, -0.05) is 11.6 Å². The highest BCUT2D eigenvalue weighted by Gasteiger charge is 2.30. The first-order valence-electron chi connectivity index (χ1n) is 5.65. The van der Waals surface area contributed by atoms with Crippen molar-refractivity contribution in [2.75, 3.05) is 18.6 Å². The number of carbonyl (C=O) groups is 1. The molecule has 0 aromatic heterocycles. The van der Waals surface area contributed by atoms with E-state index < -0.39 is 15.9 Å². The molecule has 104 valence electrons. The Hall–Kier alpha value is -1.27. The van der Waals surface area contributed by atoms with Crippen LogP contribution in [0.5, 0.6) is 11.5 Å². The lowest BCUT2D eigenvalue weighted by atomic mass is 10.2. The molecule has 1 aromatic rings. The lowest BCUT2D eigenvalue weighted by Crippen LogP contribution is -2.18. The van der Waals surface area contributed by atoms with Crippen LogP contribution < -0.4 is 9.47 Å². The maximum Gasteiger partial charge on any atom is 0.180 e. The Bertz CT molecular complexity index is 596. The fourth-order valence-corrected chi connectivity index (χ4v) is 3.80. The van der Waals surface area contributed by atoms with Crippen LogP contribution in [0, 0.1) is 0 Å². The highest BCUT2D eigenvalue weighted by molar-refractivity contribution is 7.91. The SMILES string of the molecule is COc1cc(C=O)cc(Cl)c1OC1CCS(=O)(=O)C1. The van der Waals surface area contributed by atoms with Gasteiger partial charge in [-0.25, -0.2) is 8.42 Å². The van der Waals surface area contributed by atoms with Gasteiger partial charge in [0.15, 0.2) is 21.3 Å². The highest BCUT2D eigenvalue weighted by atomic mass is 35.5. The van der Waals surface area contributed by atoms with Gasteiger partial charge >= 0.3 is 0 Å². The van der Waals surface area contributed by atoms with Gasteiger partial charge in [-0.15, -0.1) is 0 Å². The van der Waals surface area contributed by atoms with Crippen molar-refractivity contribution in [3.05, 3.63) is 22.7 Å². The average Bonchev–Trinajstić information content (AvgIpc) is 2.71.